The van der Waals surface area contributed by atoms with Crippen LogP contribution in [0, 0.1) is 0 Å². The molecule has 37 heavy (non-hydrogen) atoms. The van der Waals surface area contributed by atoms with Gasteiger partial charge >= 0.3 is 12.1 Å². The summed E-state index contributed by atoms with van der Waals surface area (Å²) in [5, 5.41) is 15.0. The lowest BCUT2D eigenvalue weighted by molar-refractivity contribution is -0.192. The van der Waals surface area contributed by atoms with E-state index in [0.29, 0.717) is 21.3 Å². The third-order valence-electron chi connectivity index (χ3n) is 5.50. The highest BCUT2D eigenvalue weighted by Gasteiger charge is 2.38. The lowest BCUT2D eigenvalue weighted by atomic mass is 10.2. The minimum Gasteiger partial charge on any atom is -0.475 e. The molecule has 16 heteroatoms. The number of hydrogen-bond donors (Lipinski definition) is 3. The summed E-state index contributed by atoms with van der Waals surface area (Å²) in [6, 6.07) is 3.55. The Balaban J connectivity index is 0.000000405. The average molecular weight is 559 g/mol. The van der Waals surface area contributed by atoms with E-state index in [1.165, 1.54) is 4.52 Å². The van der Waals surface area contributed by atoms with Gasteiger partial charge in [-0.15, -0.1) is 5.10 Å². The van der Waals surface area contributed by atoms with Gasteiger partial charge in [-0.1, -0.05) is 23.2 Å². The molecule has 1 amide bonds. The third kappa shape index (κ3) is 5.34. The number of rotatable bonds is 4. The predicted octanol–water partition coefficient (Wildman–Crippen LogP) is 3.43. The molecule has 4 N–H and O–H groups in total. The number of amides is 1. The van der Waals surface area contributed by atoms with Gasteiger partial charge in [0.1, 0.15) is 23.2 Å². The molecule has 0 atom stereocenters. The zero-order chi connectivity index (χ0) is 26.9. The Morgan fingerprint density at radius 1 is 1.19 bits per heavy atom. The summed E-state index contributed by atoms with van der Waals surface area (Å²) < 4.78 is 35.1. The number of anilines is 2. The molecule has 196 valence electrons. The highest BCUT2D eigenvalue weighted by Crippen LogP contribution is 2.34. The molecule has 11 nitrogen and oxygen atoms in total. The van der Waals surface area contributed by atoms with E-state index in [0.717, 1.165) is 37.3 Å². The number of fused-ring (bicyclic) bond motifs is 2. The Morgan fingerprint density at radius 3 is 2.51 bits per heavy atom. The van der Waals surface area contributed by atoms with E-state index in [4.69, 9.17) is 38.8 Å². The number of nitrogens with zero attached hydrogens (tertiary/aromatic N) is 6. The first-order chi connectivity index (χ1) is 17.5. The normalized spacial score (nSPS) is 13.6. The van der Waals surface area contributed by atoms with Gasteiger partial charge in [-0.2, -0.15) is 13.2 Å². The second-order valence-corrected chi connectivity index (χ2v) is 8.69. The number of imidazole rings is 1. The van der Waals surface area contributed by atoms with Crippen LogP contribution in [0.1, 0.15) is 28.8 Å². The number of carbonyl (C=O) groups excluding carboxylic acids is 1. The van der Waals surface area contributed by atoms with Crippen LogP contribution in [0.3, 0.4) is 0 Å². The first kappa shape index (κ1) is 26.3. The largest absolute Gasteiger partial charge is 0.490 e. The van der Waals surface area contributed by atoms with Crippen molar-refractivity contribution in [2.45, 2.75) is 25.6 Å². The second-order valence-electron chi connectivity index (χ2n) is 7.92. The maximum absolute atomic E-state index is 12.9. The summed E-state index contributed by atoms with van der Waals surface area (Å²) in [5.74, 6) is -2.06. The van der Waals surface area contributed by atoms with Crippen molar-refractivity contribution in [2.24, 2.45) is 0 Å². The molecule has 0 spiro atoms. The Kier molecular flexibility index (Phi) is 7.32. The number of aliphatic carboxylic acids is 1. The quantitative estimate of drug-likeness (QED) is 0.345. The summed E-state index contributed by atoms with van der Waals surface area (Å²) in [7, 11) is 0. The standard InChI is InChI=1S/C19H18Cl2N8O.C2HF3O2/c20-12-8-11(19(27-5-1-2-6-27)28-10-25-15(21)14(12)28)9-24-18(30)13-16(22)26-29-7-3-4-23-17(13)29;3-2(4,5)1(6)7/h3-4,7-8,10H,1-2,5-6,9H2,(H2,22,26)(H,24,30);(H,6,7). The summed E-state index contributed by atoms with van der Waals surface area (Å²) in [4.78, 5) is 32.5. The second kappa shape index (κ2) is 10.3. The smallest absolute Gasteiger partial charge is 0.475 e. The number of nitrogens with two attached hydrogens (primary N) is 1. The zero-order valence-electron chi connectivity index (χ0n) is 18.8. The van der Waals surface area contributed by atoms with E-state index in [1.807, 2.05) is 10.5 Å². The molecule has 5 rings (SSSR count). The molecule has 0 unspecified atom stereocenters. The maximum Gasteiger partial charge on any atom is 0.490 e. The van der Waals surface area contributed by atoms with Crippen LogP contribution in [0.2, 0.25) is 10.2 Å². The maximum atomic E-state index is 12.9. The van der Waals surface area contributed by atoms with E-state index >= 15 is 0 Å². The molecule has 0 radical (unpaired) electrons. The predicted molar refractivity (Wildman–Crippen MR) is 129 cm³/mol. The van der Waals surface area contributed by atoms with Gasteiger partial charge < -0.3 is 21.1 Å². The van der Waals surface area contributed by atoms with Crippen LogP contribution in [-0.4, -0.2) is 60.2 Å². The average Bonchev–Trinajstić information content (AvgIpc) is 3.56. The van der Waals surface area contributed by atoms with Crippen LogP contribution in [0.5, 0.6) is 0 Å². The number of nitrogens with one attached hydrogen (secondary N) is 1. The van der Waals surface area contributed by atoms with Gasteiger partial charge in [-0.25, -0.2) is 19.3 Å². The number of carbonyl (C=O) groups is 2. The molecule has 4 aromatic rings. The number of hydrogen-bond acceptors (Lipinski definition) is 7. The van der Waals surface area contributed by atoms with Crippen molar-refractivity contribution in [3.8, 4) is 0 Å². The highest BCUT2D eigenvalue weighted by molar-refractivity contribution is 6.39. The Labute approximate surface area is 216 Å². The van der Waals surface area contributed by atoms with E-state index < -0.39 is 12.1 Å². The fourth-order valence-corrected chi connectivity index (χ4v) is 4.54. The molecule has 0 aromatic carbocycles. The highest BCUT2D eigenvalue weighted by atomic mass is 35.5. The number of carboxylic acid groups (broad SMARTS) is 1. The fraction of sp³-hybridized carbons (Fsp3) is 0.286. The van der Waals surface area contributed by atoms with Gasteiger partial charge in [0.05, 0.1) is 5.02 Å². The molecule has 1 aliphatic heterocycles. The molecular weight excluding hydrogens is 540 g/mol. The Bertz CT molecular complexity index is 1480. The number of alkyl halides is 3. The van der Waals surface area contributed by atoms with Crippen LogP contribution in [-0.2, 0) is 11.3 Å². The topological polar surface area (TPSA) is 143 Å². The van der Waals surface area contributed by atoms with Gasteiger partial charge in [-0.3, -0.25) is 9.20 Å². The fourth-order valence-electron chi connectivity index (χ4n) is 3.94. The Morgan fingerprint density at radius 2 is 1.86 bits per heavy atom. The van der Waals surface area contributed by atoms with Crippen LogP contribution < -0.4 is 16.0 Å². The van der Waals surface area contributed by atoms with Crippen molar-refractivity contribution >= 4 is 57.9 Å². The van der Waals surface area contributed by atoms with Crippen molar-refractivity contribution in [1.29, 1.82) is 0 Å². The summed E-state index contributed by atoms with van der Waals surface area (Å²) in [6.07, 6.45) is 2.06. The van der Waals surface area contributed by atoms with Gasteiger partial charge in [0, 0.05) is 37.6 Å². The molecule has 4 aromatic heterocycles. The summed E-state index contributed by atoms with van der Waals surface area (Å²) in [5.41, 5.74) is 8.14. The van der Waals surface area contributed by atoms with Crippen LogP contribution in [0.15, 0.2) is 30.9 Å². The van der Waals surface area contributed by atoms with E-state index in [-0.39, 0.29) is 23.8 Å². The molecule has 1 aliphatic rings. The van der Waals surface area contributed by atoms with Crippen molar-refractivity contribution < 1.29 is 27.9 Å². The number of pyridine rings is 1. The number of carboxylic acids is 1. The molecule has 0 aliphatic carbocycles. The van der Waals surface area contributed by atoms with Crippen LogP contribution in [0.25, 0.3) is 11.2 Å². The molecule has 1 fully saturated rings. The zero-order valence-corrected chi connectivity index (χ0v) is 20.3. The minimum absolute atomic E-state index is 0.126. The van der Waals surface area contributed by atoms with Crippen molar-refractivity contribution in [3.63, 3.8) is 0 Å². The first-order valence-corrected chi connectivity index (χ1v) is 11.5. The van der Waals surface area contributed by atoms with Gasteiger partial charge in [-0.05, 0) is 25.0 Å². The molecule has 5 heterocycles. The van der Waals surface area contributed by atoms with Crippen molar-refractivity contribution in [1.82, 2.24) is 29.3 Å². The van der Waals surface area contributed by atoms with E-state index in [1.54, 1.807) is 24.8 Å². The van der Waals surface area contributed by atoms with Crippen LogP contribution >= 0.6 is 23.2 Å². The van der Waals surface area contributed by atoms with E-state index in [9.17, 15) is 18.0 Å². The SMILES string of the molecule is Nc1nn2cccnc2c1C(=O)NCc1cc(Cl)c2c(Cl)ncn2c1N1CCCC1.O=C(O)C(F)(F)F. The molecule has 1 saturated heterocycles. The monoisotopic (exact) mass is 558 g/mol. The minimum atomic E-state index is -5.08. The summed E-state index contributed by atoms with van der Waals surface area (Å²) >= 11 is 12.7. The molecule has 0 saturated carbocycles. The lowest BCUT2D eigenvalue weighted by Crippen LogP contribution is -2.27. The van der Waals surface area contributed by atoms with Crippen molar-refractivity contribution in [2.75, 3.05) is 23.7 Å². The van der Waals surface area contributed by atoms with E-state index in [2.05, 4.69) is 25.3 Å². The number of nitrogen functional groups attached to an aromatic ring is 1. The first-order valence-electron chi connectivity index (χ1n) is 10.7. The molecular formula is C21H19Cl2F3N8O3. The number of halogens is 5. The van der Waals surface area contributed by atoms with Gasteiger partial charge in [0.2, 0.25) is 0 Å². The van der Waals surface area contributed by atoms with Gasteiger partial charge in [0.25, 0.3) is 5.91 Å². The molecule has 0 bridgehead atoms. The summed E-state index contributed by atoms with van der Waals surface area (Å²) in [6.45, 7) is 2.08. The van der Waals surface area contributed by atoms with Gasteiger partial charge in [0.15, 0.2) is 16.6 Å². The Hall–Kier alpha value is -3.78. The van der Waals surface area contributed by atoms with Crippen LogP contribution in [0.4, 0.5) is 24.8 Å². The third-order valence-corrected chi connectivity index (χ3v) is 6.07. The lowest BCUT2D eigenvalue weighted by Gasteiger charge is -2.23. The number of aromatic nitrogens is 5. The van der Waals surface area contributed by atoms with Crippen molar-refractivity contribution in [3.05, 3.63) is 52.2 Å².